The molecule has 5 rings (SSSR count). The average Bonchev–Trinajstić information content (AvgIpc) is 3.56. The van der Waals surface area contributed by atoms with Crippen LogP contribution in [0.2, 0.25) is 5.02 Å². The maximum Gasteiger partial charge on any atom is 0.306 e. The van der Waals surface area contributed by atoms with Crippen LogP contribution in [0.15, 0.2) is 47.9 Å². The van der Waals surface area contributed by atoms with Crippen LogP contribution in [-0.4, -0.2) is 49.6 Å². The summed E-state index contributed by atoms with van der Waals surface area (Å²) < 4.78 is 22.9. The van der Waals surface area contributed by atoms with Gasteiger partial charge < -0.3 is 24.1 Å². The second kappa shape index (κ2) is 14.4. The number of cyclic esters (lactones) is 1. The SMILES string of the molecule is CC[C@H]1CCCC[C@@H](C)C(=O)C2C(c3cccc(Cl)c3)C3[C@@H]4C[C@H](O[C@H](O)/C(OC)=C(/C)OC)CC4C=C[C@H]3[C@@H]2CC(=O)O1. The van der Waals surface area contributed by atoms with Crippen LogP contribution in [0.1, 0.15) is 83.6 Å². The van der Waals surface area contributed by atoms with Crippen molar-refractivity contribution < 1.29 is 33.6 Å². The number of allylic oxidation sites excluding steroid dienone is 3. The molecule has 4 unspecified atom stereocenters. The van der Waals surface area contributed by atoms with Crippen molar-refractivity contribution in [3.8, 4) is 0 Å². The van der Waals surface area contributed by atoms with Crippen LogP contribution in [0, 0.1) is 41.4 Å². The van der Waals surface area contributed by atoms with Gasteiger partial charge >= 0.3 is 5.97 Å². The van der Waals surface area contributed by atoms with Crippen molar-refractivity contribution >= 4 is 23.4 Å². The number of Topliss-reactive ketones (excluding diaryl/α,β-unsaturated/α-hetero) is 1. The molecule has 1 heterocycles. The van der Waals surface area contributed by atoms with E-state index in [0.29, 0.717) is 10.8 Å². The van der Waals surface area contributed by atoms with Crippen molar-refractivity contribution in [3.63, 3.8) is 0 Å². The Morgan fingerprint density at radius 3 is 2.55 bits per heavy atom. The van der Waals surface area contributed by atoms with Gasteiger partial charge in [-0.15, -0.1) is 0 Å². The molecule has 1 aliphatic heterocycles. The maximum atomic E-state index is 14.5. The van der Waals surface area contributed by atoms with Crippen LogP contribution in [0.4, 0.5) is 0 Å². The highest BCUT2D eigenvalue weighted by molar-refractivity contribution is 6.30. The van der Waals surface area contributed by atoms with Gasteiger partial charge in [-0.3, -0.25) is 9.59 Å². The second-order valence-electron chi connectivity index (χ2n) is 13.4. The number of fused-ring (bicyclic) bond motifs is 5. The number of hydrogen-bond acceptors (Lipinski definition) is 7. The summed E-state index contributed by atoms with van der Waals surface area (Å²) in [6, 6.07) is 7.94. The Hall–Kier alpha value is -2.35. The zero-order valence-corrected chi connectivity index (χ0v) is 27.5. The van der Waals surface area contributed by atoms with Gasteiger partial charge in [0.25, 0.3) is 0 Å². The lowest BCUT2D eigenvalue weighted by molar-refractivity contribution is -0.152. The van der Waals surface area contributed by atoms with Gasteiger partial charge in [0.1, 0.15) is 17.6 Å². The molecule has 1 saturated heterocycles. The summed E-state index contributed by atoms with van der Waals surface area (Å²) in [5.41, 5.74) is 1.06. The topological polar surface area (TPSA) is 91.3 Å². The number of benzene rings is 1. The first kappa shape index (κ1) is 33.0. The minimum absolute atomic E-state index is 0.0470. The minimum atomic E-state index is -1.24. The lowest BCUT2D eigenvalue weighted by Crippen LogP contribution is -2.33. The van der Waals surface area contributed by atoms with Crippen LogP contribution < -0.4 is 0 Å². The van der Waals surface area contributed by atoms with E-state index < -0.39 is 6.29 Å². The Balaban J connectivity index is 1.51. The zero-order valence-electron chi connectivity index (χ0n) is 26.7. The number of esters is 1. The number of aliphatic hydroxyl groups is 1. The lowest BCUT2D eigenvalue weighted by atomic mass is 9.67. The molecule has 1 aromatic carbocycles. The minimum Gasteiger partial charge on any atom is -0.498 e. The molecule has 11 atom stereocenters. The van der Waals surface area contributed by atoms with E-state index in [0.717, 1.165) is 50.5 Å². The summed E-state index contributed by atoms with van der Waals surface area (Å²) in [6.07, 6.45) is 9.13. The van der Waals surface area contributed by atoms with Gasteiger partial charge in [0.15, 0.2) is 5.76 Å². The lowest BCUT2D eigenvalue weighted by Gasteiger charge is -2.37. The summed E-state index contributed by atoms with van der Waals surface area (Å²) >= 11 is 6.56. The number of methoxy groups -OCH3 is 2. The average molecular weight is 629 g/mol. The number of aliphatic hydroxyl groups excluding tert-OH is 1. The number of hydrogen-bond donors (Lipinski definition) is 1. The normalized spacial score (nSPS) is 37.0. The van der Waals surface area contributed by atoms with E-state index in [1.807, 2.05) is 18.2 Å². The van der Waals surface area contributed by atoms with Crippen LogP contribution in [0.5, 0.6) is 0 Å². The molecule has 0 aromatic heterocycles. The van der Waals surface area contributed by atoms with Crippen molar-refractivity contribution in [1.29, 1.82) is 0 Å². The molecule has 0 radical (unpaired) electrons. The number of carbonyl (C=O) groups excluding carboxylic acids is 2. The van der Waals surface area contributed by atoms with Gasteiger partial charge in [0.05, 0.1) is 20.3 Å². The molecule has 3 fully saturated rings. The molecule has 242 valence electrons. The molecule has 44 heavy (non-hydrogen) atoms. The molecule has 2 saturated carbocycles. The second-order valence-corrected chi connectivity index (χ2v) is 13.8. The van der Waals surface area contributed by atoms with E-state index in [4.69, 9.17) is 30.5 Å². The van der Waals surface area contributed by atoms with Gasteiger partial charge in [0, 0.05) is 23.3 Å². The predicted octanol–water partition coefficient (Wildman–Crippen LogP) is 7.22. The summed E-state index contributed by atoms with van der Waals surface area (Å²) in [7, 11) is 3.03. The fourth-order valence-electron chi connectivity index (χ4n) is 8.82. The van der Waals surface area contributed by atoms with Gasteiger partial charge in [0.2, 0.25) is 6.29 Å². The summed E-state index contributed by atoms with van der Waals surface area (Å²) in [6.45, 7) is 5.87. The van der Waals surface area contributed by atoms with Gasteiger partial charge in [-0.25, -0.2) is 0 Å². The molecule has 7 nitrogen and oxygen atoms in total. The third-order valence-corrected chi connectivity index (χ3v) is 11.2. The standard InChI is InChI=1S/C36H49ClO7/c1-6-25-13-8-7-10-20(2)34(39)33-29(19-30(38)43-25)27-15-14-22-17-26(44-36(40)35(42-5)21(3)41-4)18-28(22)32(27)31(33)23-11-9-12-24(37)16-23/h9,11-12,14-16,20,22,25-29,31-33,36,40H,6-8,10,13,17-19H2,1-5H3/b35-21+/t20-,22?,25+,26-,27+,28-,29+,31?,32?,33?,36+/m1/s1. The Labute approximate surface area is 267 Å². The molecule has 3 aliphatic carbocycles. The molecular formula is C36H49ClO7. The quantitative estimate of drug-likeness (QED) is 0.148. The van der Waals surface area contributed by atoms with E-state index in [1.54, 1.807) is 6.92 Å². The first-order valence-corrected chi connectivity index (χ1v) is 16.8. The molecule has 0 bridgehead atoms. The predicted molar refractivity (Wildman–Crippen MR) is 169 cm³/mol. The van der Waals surface area contributed by atoms with Crippen molar-refractivity contribution in [3.05, 3.63) is 58.5 Å². The first-order chi connectivity index (χ1) is 21.2. The summed E-state index contributed by atoms with van der Waals surface area (Å²) in [5, 5.41) is 11.5. The Morgan fingerprint density at radius 2 is 1.84 bits per heavy atom. The maximum absolute atomic E-state index is 14.5. The third-order valence-electron chi connectivity index (χ3n) is 10.9. The monoisotopic (exact) mass is 628 g/mol. The van der Waals surface area contributed by atoms with Crippen LogP contribution in [0.25, 0.3) is 0 Å². The molecule has 4 aliphatic rings. The summed E-state index contributed by atoms with van der Waals surface area (Å²) in [4.78, 5) is 28.0. The molecule has 1 aromatic rings. The Kier molecular flexibility index (Phi) is 10.8. The van der Waals surface area contributed by atoms with Crippen LogP contribution >= 0.6 is 11.6 Å². The molecular weight excluding hydrogens is 580 g/mol. The fourth-order valence-corrected chi connectivity index (χ4v) is 9.01. The Morgan fingerprint density at radius 1 is 1.07 bits per heavy atom. The van der Waals surface area contributed by atoms with Gasteiger partial charge in [-0.2, -0.15) is 0 Å². The van der Waals surface area contributed by atoms with E-state index >= 15 is 0 Å². The van der Waals surface area contributed by atoms with Crippen LogP contribution in [0.3, 0.4) is 0 Å². The highest BCUT2D eigenvalue weighted by Crippen LogP contribution is 2.62. The van der Waals surface area contributed by atoms with Crippen molar-refractivity contribution in [2.75, 3.05) is 14.2 Å². The zero-order chi connectivity index (χ0) is 31.5. The number of ketones is 1. The number of halogens is 1. The summed E-state index contributed by atoms with van der Waals surface area (Å²) in [5.74, 6) is 0.772. The third kappa shape index (κ3) is 6.75. The first-order valence-electron chi connectivity index (χ1n) is 16.5. The number of carbonyl (C=O) groups is 2. The molecule has 8 heteroatoms. The highest BCUT2D eigenvalue weighted by Gasteiger charge is 2.59. The fraction of sp³-hybridized carbons (Fsp3) is 0.667. The van der Waals surface area contributed by atoms with E-state index in [-0.39, 0.29) is 83.5 Å². The van der Waals surface area contributed by atoms with Crippen molar-refractivity contribution in [2.24, 2.45) is 41.4 Å². The highest BCUT2D eigenvalue weighted by atomic mass is 35.5. The molecule has 1 N–H and O–H groups in total. The number of ether oxygens (including phenoxy) is 4. The van der Waals surface area contributed by atoms with Gasteiger partial charge in [-0.1, -0.05) is 56.2 Å². The van der Waals surface area contributed by atoms with E-state index in [1.165, 1.54) is 14.2 Å². The van der Waals surface area contributed by atoms with Gasteiger partial charge in [-0.05, 0) is 98.7 Å². The largest absolute Gasteiger partial charge is 0.498 e. The smallest absolute Gasteiger partial charge is 0.306 e. The Bertz CT molecular complexity index is 1240. The van der Waals surface area contributed by atoms with Crippen LogP contribution in [-0.2, 0) is 28.5 Å². The van der Waals surface area contributed by atoms with E-state index in [2.05, 4.69) is 32.1 Å². The molecule has 0 spiro atoms. The molecule has 0 amide bonds. The van der Waals surface area contributed by atoms with Crippen molar-refractivity contribution in [2.45, 2.75) is 96.6 Å². The van der Waals surface area contributed by atoms with Crippen molar-refractivity contribution in [1.82, 2.24) is 0 Å². The number of rotatable bonds is 7. The van der Waals surface area contributed by atoms with E-state index in [9.17, 15) is 14.7 Å².